The summed E-state index contributed by atoms with van der Waals surface area (Å²) in [7, 11) is 0. The highest BCUT2D eigenvalue weighted by Crippen LogP contribution is 2.27. The van der Waals surface area contributed by atoms with Crippen LogP contribution in [0.4, 0.5) is 5.69 Å². The number of nitrogens with one attached hydrogen (secondary N) is 1. The number of hydrogen-bond donors (Lipinski definition) is 1. The molecule has 2 aromatic rings. The Morgan fingerprint density at radius 3 is 2.57 bits per heavy atom. The quantitative estimate of drug-likeness (QED) is 0.921. The van der Waals surface area contributed by atoms with Crippen LogP contribution in [0.1, 0.15) is 48.8 Å². The number of hydrogen-bond acceptors (Lipinski definition) is 2. The van der Waals surface area contributed by atoms with Gasteiger partial charge in [0.25, 0.3) is 0 Å². The van der Waals surface area contributed by atoms with Crippen LogP contribution in [0.5, 0.6) is 0 Å². The van der Waals surface area contributed by atoms with Crippen molar-refractivity contribution < 1.29 is 0 Å². The second kappa shape index (κ2) is 5.55. The lowest BCUT2D eigenvalue weighted by Crippen LogP contribution is -2.27. The standard InChI is InChI=1S/C18H25N3/c1-12(2)21-14(4)18(13(3)20-21)19-17-10-9-15-7-5-6-8-16(15)11-17/h5-8,12,17,19H,9-11H2,1-4H3. The maximum atomic E-state index is 4.67. The van der Waals surface area contributed by atoms with Gasteiger partial charge in [0.2, 0.25) is 0 Å². The van der Waals surface area contributed by atoms with Crippen molar-refractivity contribution in [2.45, 2.75) is 59.0 Å². The Morgan fingerprint density at radius 2 is 1.90 bits per heavy atom. The van der Waals surface area contributed by atoms with Crippen LogP contribution in [0.15, 0.2) is 24.3 Å². The van der Waals surface area contributed by atoms with Crippen LogP contribution in [-0.4, -0.2) is 15.8 Å². The molecule has 1 unspecified atom stereocenters. The first-order valence-electron chi connectivity index (χ1n) is 7.95. The summed E-state index contributed by atoms with van der Waals surface area (Å²) in [4.78, 5) is 0. The van der Waals surface area contributed by atoms with Gasteiger partial charge in [0, 0.05) is 12.1 Å². The molecule has 1 heterocycles. The third-order valence-electron chi connectivity index (χ3n) is 4.51. The van der Waals surface area contributed by atoms with E-state index in [-0.39, 0.29) is 0 Å². The molecule has 0 spiro atoms. The summed E-state index contributed by atoms with van der Waals surface area (Å²) in [5, 5.41) is 8.42. The third-order valence-corrected chi connectivity index (χ3v) is 4.51. The smallest absolute Gasteiger partial charge is 0.0828 e. The molecule has 3 nitrogen and oxygen atoms in total. The van der Waals surface area contributed by atoms with E-state index in [9.17, 15) is 0 Å². The van der Waals surface area contributed by atoms with Gasteiger partial charge in [-0.2, -0.15) is 5.10 Å². The van der Waals surface area contributed by atoms with Crippen LogP contribution in [0.25, 0.3) is 0 Å². The zero-order valence-corrected chi connectivity index (χ0v) is 13.5. The second-order valence-electron chi connectivity index (χ2n) is 6.44. The van der Waals surface area contributed by atoms with Gasteiger partial charge in [-0.25, -0.2) is 0 Å². The largest absolute Gasteiger partial charge is 0.379 e. The van der Waals surface area contributed by atoms with Crippen LogP contribution in [0.2, 0.25) is 0 Å². The predicted molar refractivity (Wildman–Crippen MR) is 88.0 cm³/mol. The van der Waals surface area contributed by atoms with Crippen LogP contribution >= 0.6 is 0 Å². The number of aromatic nitrogens is 2. The summed E-state index contributed by atoms with van der Waals surface area (Å²) < 4.78 is 2.12. The molecule has 1 atom stereocenters. The van der Waals surface area contributed by atoms with E-state index >= 15 is 0 Å². The number of nitrogens with zero attached hydrogens (tertiary/aromatic N) is 2. The van der Waals surface area contributed by atoms with Gasteiger partial charge < -0.3 is 5.32 Å². The molecular formula is C18H25N3. The number of rotatable bonds is 3. The summed E-state index contributed by atoms with van der Waals surface area (Å²) in [5.41, 5.74) is 6.60. The van der Waals surface area contributed by atoms with Crippen LogP contribution < -0.4 is 5.32 Å². The van der Waals surface area contributed by atoms with E-state index in [1.54, 1.807) is 0 Å². The molecule has 0 saturated heterocycles. The van der Waals surface area contributed by atoms with Crippen molar-refractivity contribution in [3.05, 3.63) is 46.8 Å². The van der Waals surface area contributed by atoms with E-state index in [1.807, 2.05) is 0 Å². The third kappa shape index (κ3) is 2.69. The molecule has 112 valence electrons. The average molecular weight is 283 g/mol. The van der Waals surface area contributed by atoms with Crippen LogP contribution in [-0.2, 0) is 12.8 Å². The van der Waals surface area contributed by atoms with Crippen molar-refractivity contribution in [3.63, 3.8) is 0 Å². The maximum Gasteiger partial charge on any atom is 0.0828 e. The molecule has 0 amide bonds. The first-order valence-corrected chi connectivity index (χ1v) is 7.95. The zero-order valence-electron chi connectivity index (χ0n) is 13.5. The lowest BCUT2D eigenvalue weighted by molar-refractivity contribution is 0.516. The molecule has 0 fully saturated rings. The molecule has 1 aromatic heterocycles. The fourth-order valence-corrected chi connectivity index (χ4v) is 3.40. The number of aryl methyl sites for hydroxylation is 2. The van der Waals surface area contributed by atoms with Crippen molar-refractivity contribution in [3.8, 4) is 0 Å². The molecule has 0 radical (unpaired) electrons. The second-order valence-corrected chi connectivity index (χ2v) is 6.44. The number of anilines is 1. The summed E-state index contributed by atoms with van der Waals surface area (Å²) in [6, 6.07) is 9.75. The lowest BCUT2D eigenvalue weighted by atomic mass is 9.88. The van der Waals surface area contributed by atoms with Crippen molar-refractivity contribution in [2.24, 2.45) is 0 Å². The summed E-state index contributed by atoms with van der Waals surface area (Å²) in [5.74, 6) is 0. The van der Waals surface area contributed by atoms with E-state index in [0.29, 0.717) is 12.1 Å². The van der Waals surface area contributed by atoms with E-state index < -0.39 is 0 Å². The highest BCUT2D eigenvalue weighted by atomic mass is 15.3. The molecule has 1 aliphatic carbocycles. The lowest BCUT2D eigenvalue weighted by Gasteiger charge is -2.26. The van der Waals surface area contributed by atoms with E-state index in [4.69, 9.17) is 0 Å². The molecular weight excluding hydrogens is 258 g/mol. The number of benzene rings is 1. The normalized spacial score (nSPS) is 17.9. The molecule has 3 rings (SSSR count). The van der Waals surface area contributed by atoms with Crippen LogP contribution in [0.3, 0.4) is 0 Å². The average Bonchev–Trinajstić information content (AvgIpc) is 2.75. The highest BCUT2D eigenvalue weighted by Gasteiger charge is 2.21. The summed E-state index contributed by atoms with van der Waals surface area (Å²) >= 11 is 0. The highest BCUT2D eigenvalue weighted by molar-refractivity contribution is 5.53. The Kier molecular flexibility index (Phi) is 3.75. The molecule has 3 heteroatoms. The van der Waals surface area contributed by atoms with Gasteiger partial charge >= 0.3 is 0 Å². The molecule has 1 aliphatic rings. The van der Waals surface area contributed by atoms with Crippen molar-refractivity contribution in [1.82, 2.24) is 9.78 Å². The van der Waals surface area contributed by atoms with Gasteiger partial charge in [-0.05, 0) is 58.1 Å². The zero-order chi connectivity index (χ0) is 15.0. The molecule has 1 aromatic carbocycles. The molecule has 1 N–H and O–H groups in total. The van der Waals surface area contributed by atoms with Gasteiger partial charge in [-0.3, -0.25) is 4.68 Å². The minimum atomic E-state index is 0.409. The maximum absolute atomic E-state index is 4.67. The monoisotopic (exact) mass is 283 g/mol. The van der Waals surface area contributed by atoms with Crippen molar-refractivity contribution in [1.29, 1.82) is 0 Å². The van der Waals surface area contributed by atoms with E-state index in [1.165, 1.54) is 35.3 Å². The summed E-state index contributed by atoms with van der Waals surface area (Å²) in [6.07, 6.45) is 3.48. The molecule has 0 bridgehead atoms. The van der Waals surface area contributed by atoms with Crippen molar-refractivity contribution in [2.75, 3.05) is 5.32 Å². The van der Waals surface area contributed by atoms with Gasteiger partial charge in [-0.1, -0.05) is 24.3 Å². The fraction of sp³-hybridized carbons (Fsp3) is 0.500. The Morgan fingerprint density at radius 1 is 1.19 bits per heavy atom. The first-order chi connectivity index (χ1) is 10.1. The minimum Gasteiger partial charge on any atom is -0.379 e. The Labute approximate surface area is 127 Å². The minimum absolute atomic E-state index is 0.409. The van der Waals surface area contributed by atoms with Crippen molar-refractivity contribution >= 4 is 5.69 Å². The van der Waals surface area contributed by atoms with E-state index in [2.05, 4.69) is 67.1 Å². The first kappa shape index (κ1) is 14.2. The molecule has 0 aliphatic heterocycles. The SMILES string of the molecule is Cc1nn(C(C)C)c(C)c1NC1CCc2ccccc2C1. The molecule has 21 heavy (non-hydrogen) atoms. The van der Waals surface area contributed by atoms with Crippen LogP contribution in [0, 0.1) is 13.8 Å². The van der Waals surface area contributed by atoms with Gasteiger partial charge in [0.05, 0.1) is 17.1 Å². The van der Waals surface area contributed by atoms with Gasteiger partial charge in [0.15, 0.2) is 0 Å². The van der Waals surface area contributed by atoms with E-state index in [0.717, 1.165) is 12.1 Å². The number of fused-ring (bicyclic) bond motifs is 1. The molecule has 0 saturated carbocycles. The van der Waals surface area contributed by atoms with Gasteiger partial charge in [-0.15, -0.1) is 0 Å². The topological polar surface area (TPSA) is 29.9 Å². The summed E-state index contributed by atoms with van der Waals surface area (Å²) in [6.45, 7) is 8.63. The Bertz CT molecular complexity index is 640. The van der Waals surface area contributed by atoms with Gasteiger partial charge in [0.1, 0.15) is 0 Å². The Hall–Kier alpha value is -1.77. The predicted octanol–water partition coefficient (Wildman–Crippen LogP) is 4.05. The Balaban J connectivity index is 1.80. The fourth-order valence-electron chi connectivity index (χ4n) is 3.40.